The number of nitrogens with one attached hydrogen (secondary N) is 1. The maximum atomic E-state index is 12.1. The zero-order valence-electron chi connectivity index (χ0n) is 15.7. The number of aryl methyl sites for hydroxylation is 1. The molecule has 0 aliphatic rings. The van der Waals surface area contributed by atoms with Crippen molar-refractivity contribution < 1.29 is 9.59 Å². The minimum absolute atomic E-state index is 0.00353. The van der Waals surface area contributed by atoms with Crippen LogP contribution in [0.1, 0.15) is 33.2 Å². The highest BCUT2D eigenvalue weighted by atomic mass is 16.1. The van der Waals surface area contributed by atoms with Crippen LogP contribution >= 0.6 is 0 Å². The molecule has 4 aromatic rings. The molecule has 0 saturated heterocycles. The second kappa shape index (κ2) is 6.82. The Labute approximate surface area is 163 Å². The first-order valence-corrected chi connectivity index (χ1v) is 9.07. The predicted octanol–water partition coefficient (Wildman–Crippen LogP) is 5.11. The smallest absolute Gasteiger partial charge is 0.248 e. The summed E-state index contributed by atoms with van der Waals surface area (Å²) >= 11 is 0. The molecule has 4 nitrogen and oxygen atoms in total. The number of carbonyl (C=O) groups excluding carboxylic acids is 2. The number of Topliss-reactive ketones (excluding diaryl/α,β-unsaturated/α-hetero) is 1. The van der Waals surface area contributed by atoms with E-state index in [2.05, 4.69) is 36.2 Å². The molecule has 0 atom stereocenters. The van der Waals surface area contributed by atoms with Crippen molar-refractivity contribution in [3.05, 3.63) is 83.4 Å². The Balaban J connectivity index is 1.85. The third-order valence-electron chi connectivity index (χ3n) is 4.93. The van der Waals surface area contributed by atoms with Crippen LogP contribution in [0.4, 0.5) is 0 Å². The van der Waals surface area contributed by atoms with Crippen molar-refractivity contribution in [2.45, 2.75) is 13.8 Å². The summed E-state index contributed by atoms with van der Waals surface area (Å²) in [6.45, 7) is 3.62. The lowest BCUT2D eigenvalue weighted by Crippen LogP contribution is -2.10. The van der Waals surface area contributed by atoms with Crippen LogP contribution < -0.4 is 5.73 Å². The van der Waals surface area contributed by atoms with E-state index < -0.39 is 5.91 Å². The maximum absolute atomic E-state index is 12.1. The average molecular weight is 368 g/mol. The lowest BCUT2D eigenvalue weighted by molar-refractivity contribution is 0.0996. The van der Waals surface area contributed by atoms with Crippen molar-refractivity contribution in [3.63, 3.8) is 0 Å². The van der Waals surface area contributed by atoms with Crippen LogP contribution in [0.5, 0.6) is 0 Å². The van der Waals surface area contributed by atoms with Crippen LogP contribution in [0.25, 0.3) is 33.3 Å². The van der Waals surface area contributed by atoms with Crippen molar-refractivity contribution in [3.8, 4) is 22.4 Å². The van der Waals surface area contributed by atoms with Gasteiger partial charge in [0.2, 0.25) is 5.91 Å². The van der Waals surface area contributed by atoms with Gasteiger partial charge in [-0.1, -0.05) is 24.3 Å². The lowest BCUT2D eigenvalue weighted by Gasteiger charge is -2.09. The minimum atomic E-state index is -0.460. The fraction of sp³-hybridized carbons (Fsp3) is 0.0833. The Hall–Kier alpha value is -3.66. The van der Waals surface area contributed by atoms with Gasteiger partial charge in [0.1, 0.15) is 0 Å². The second-order valence-corrected chi connectivity index (χ2v) is 7.07. The van der Waals surface area contributed by atoms with Crippen LogP contribution in [-0.4, -0.2) is 16.7 Å². The Bertz CT molecular complexity index is 1220. The Morgan fingerprint density at radius 3 is 2.18 bits per heavy atom. The third kappa shape index (κ3) is 3.32. The van der Waals surface area contributed by atoms with E-state index in [1.165, 1.54) is 5.56 Å². The highest BCUT2D eigenvalue weighted by molar-refractivity contribution is 5.98. The van der Waals surface area contributed by atoms with Crippen molar-refractivity contribution in [2.75, 3.05) is 0 Å². The molecular weight excluding hydrogens is 348 g/mol. The van der Waals surface area contributed by atoms with E-state index in [4.69, 9.17) is 5.73 Å². The number of primary amides is 1. The molecule has 1 amide bonds. The Kier molecular flexibility index (Phi) is 4.32. The van der Waals surface area contributed by atoms with E-state index in [1.54, 1.807) is 19.1 Å². The third-order valence-corrected chi connectivity index (χ3v) is 4.93. The van der Waals surface area contributed by atoms with E-state index in [9.17, 15) is 9.59 Å². The van der Waals surface area contributed by atoms with Gasteiger partial charge in [-0.05, 0) is 78.6 Å². The van der Waals surface area contributed by atoms with Crippen LogP contribution in [-0.2, 0) is 0 Å². The van der Waals surface area contributed by atoms with E-state index in [0.717, 1.165) is 33.3 Å². The maximum Gasteiger partial charge on any atom is 0.248 e. The molecule has 0 saturated carbocycles. The summed E-state index contributed by atoms with van der Waals surface area (Å²) in [4.78, 5) is 26.9. The number of aromatic amines is 1. The molecule has 3 aromatic carbocycles. The molecule has 1 aromatic heterocycles. The van der Waals surface area contributed by atoms with Gasteiger partial charge < -0.3 is 10.7 Å². The number of rotatable bonds is 4. The first-order chi connectivity index (χ1) is 13.4. The minimum Gasteiger partial charge on any atom is -0.366 e. The van der Waals surface area contributed by atoms with Gasteiger partial charge in [0.05, 0.1) is 0 Å². The van der Waals surface area contributed by atoms with Gasteiger partial charge in [0, 0.05) is 27.7 Å². The van der Waals surface area contributed by atoms with Crippen LogP contribution in [0.2, 0.25) is 0 Å². The zero-order valence-corrected chi connectivity index (χ0v) is 15.7. The zero-order chi connectivity index (χ0) is 19.8. The van der Waals surface area contributed by atoms with E-state index >= 15 is 0 Å². The summed E-state index contributed by atoms with van der Waals surface area (Å²) in [6, 6.07) is 21.3. The number of fused-ring (bicyclic) bond motifs is 1. The molecule has 1 heterocycles. The molecule has 0 bridgehead atoms. The first-order valence-electron chi connectivity index (χ1n) is 9.07. The number of carbonyl (C=O) groups is 2. The summed E-state index contributed by atoms with van der Waals surface area (Å²) in [5.74, 6) is -0.457. The number of nitrogens with two attached hydrogens (primary N) is 1. The summed E-state index contributed by atoms with van der Waals surface area (Å²) in [5.41, 5.74) is 12.4. The molecule has 0 spiro atoms. The number of amides is 1. The van der Waals surface area contributed by atoms with Crippen LogP contribution in [0.15, 0.2) is 66.7 Å². The number of H-pyrrole nitrogens is 1. The fourth-order valence-electron chi connectivity index (χ4n) is 3.38. The molecule has 0 unspecified atom stereocenters. The van der Waals surface area contributed by atoms with Crippen LogP contribution in [0.3, 0.4) is 0 Å². The molecule has 28 heavy (non-hydrogen) atoms. The first kappa shape index (κ1) is 17.7. The standard InChI is InChI=1S/C24H20N2O2/c1-14-3-4-18-13-23(26-22(18)9-14)21-11-19(15(2)27)10-20(12-21)16-5-7-17(8-6-16)24(25)28/h3-13,26H,1-2H3,(H2,25,28). The van der Waals surface area contributed by atoms with Crippen molar-refractivity contribution in [2.24, 2.45) is 5.73 Å². The van der Waals surface area contributed by atoms with Crippen molar-refractivity contribution >= 4 is 22.6 Å². The van der Waals surface area contributed by atoms with Gasteiger partial charge in [0.25, 0.3) is 0 Å². The monoisotopic (exact) mass is 368 g/mol. The number of benzene rings is 3. The molecule has 4 rings (SSSR count). The normalized spacial score (nSPS) is 10.9. The van der Waals surface area contributed by atoms with Crippen molar-refractivity contribution in [1.82, 2.24) is 4.98 Å². The molecule has 0 radical (unpaired) electrons. The second-order valence-electron chi connectivity index (χ2n) is 7.07. The van der Waals surface area contributed by atoms with Gasteiger partial charge in [0.15, 0.2) is 5.78 Å². The molecule has 3 N–H and O–H groups in total. The van der Waals surface area contributed by atoms with Crippen LogP contribution in [0, 0.1) is 6.92 Å². The number of hydrogen-bond donors (Lipinski definition) is 2. The molecule has 0 fully saturated rings. The average Bonchev–Trinajstić information content (AvgIpc) is 3.11. The number of hydrogen-bond acceptors (Lipinski definition) is 2. The predicted molar refractivity (Wildman–Crippen MR) is 112 cm³/mol. The SMILES string of the molecule is CC(=O)c1cc(-c2ccc(C(N)=O)cc2)cc(-c2cc3ccc(C)cc3[nH]2)c1. The Morgan fingerprint density at radius 2 is 1.50 bits per heavy atom. The summed E-state index contributed by atoms with van der Waals surface area (Å²) < 4.78 is 0. The van der Waals surface area contributed by atoms with Gasteiger partial charge >= 0.3 is 0 Å². The lowest BCUT2D eigenvalue weighted by atomic mass is 9.96. The Morgan fingerprint density at radius 1 is 0.786 bits per heavy atom. The molecule has 4 heteroatoms. The molecule has 0 aliphatic carbocycles. The fourth-order valence-corrected chi connectivity index (χ4v) is 3.38. The highest BCUT2D eigenvalue weighted by Crippen LogP contribution is 2.30. The number of ketones is 1. The molecule has 138 valence electrons. The van der Waals surface area contributed by atoms with Gasteiger partial charge in [-0.15, -0.1) is 0 Å². The van der Waals surface area contributed by atoms with Gasteiger partial charge in [-0.2, -0.15) is 0 Å². The largest absolute Gasteiger partial charge is 0.366 e. The molecule has 0 aliphatic heterocycles. The summed E-state index contributed by atoms with van der Waals surface area (Å²) in [5, 5.41) is 1.13. The summed E-state index contributed by atoms with van der Waals surface area (Å²) in [6.07, 6.45) is 0. The number of aromatic nitrogens is 1. The van der Waals surface area contributed by atoms with E-state index in [0.29, 0.717) is 11.1 Å². The topological polar surface area (TPSA) is 76.0 Å². The molecular formula is C24H20N2O2. The van der Waals surface area contributed by atoms with Crippen molar-refractivity contribution in [1.29, 1.82) is 0 Å². The van der Waals surface area contributed by atoms with E-state index in [1.807, 2.05) is 30.3 Å². The highest BCUT2D eigenvalue weighted by Gasteiger charge is 2.11. The van der Waals surface area contributed by atoms with E-state index in [-0.39, 0.29) is 5.78 Å². The van der Waals surface area contributed by atoms with Gasteiger partial charge in [-0.25, -0.2) is 0 Å². The quantitative estimate of drug-likeness (QED) is 0.491. The summed E-state index contributed by atoms with van der Waals surface area (Å²) in [7, 11) is 0. The van der Waals surface area contributed by atoms with Gasteiger partial charge in [-0.3, -0.25) is 9.59 Å².